The van der Waals surface area contributed by atoms with E-state index >= 15 is 0 Å². The number of alkyl halides is 2. The molecule has 0 N–H and O–H groups in total. The van der Waals surface area contributed by atoms with Gasteiger partial charge in [-0.1, -0.05) is 0 Å². The number of hydrogen-bond acceptors (Lipinski definition) is 4. The van der Waals surface area contributed by atoms with E-state index in [1.54, 1.807) is 0 Å². The molecule has 98 valence electrons. The van der Waals surface area contributed by atoms with Gasteiger partial charge in [0.15, 0.2) is 9.84 Å². The van der Waals surface area contributed by atoms with Crippen molar-refractivity contribution in [2.45, 2.75) is 11.3 Å². The van der Waals surface area contributed by atoms with Crippen LogP contribution in [0, 0.1) is 11.3 Å². The number of benzene rings is 1. The lowest BCUT2D eigenvalue weighted by atomic mass is 10.2. The first kappa shape index (κ1) is 14.5. The van der Waals surface area contributed by atoms with Crippen LogP contribution in [0.25, 0.3) is 0 Å². The standard InChI is InChI=1S/C11H11F2NO3S/c12-11(13)8-17-5-6-18(15,16)10-3-1-9(7-14)2-4-10/h1-4,11H,5-6,8H2. The van der Waals surface area contributed by atoms with Crippen molar-refractivity contribution in [1.82, 2.24) is 0 Å². The Hall–Kier alpha value is -1.52. The molecule has 1 rings (SSSR count). The van der Waals surface area contributed by atoms with Crippen molar-refractivity contribution in [3.63, 3.8) is 0 Å². The summed E-state index contributed by atoms with van der Waals surface area (Å²) in [4.78, 5) is 0.0437. The molecule has 0 aliphatic carbocycles. The van der Waals surface area contributed by atoms with E-state index in [0.29, 0.717) is 5.56 Å². The normalized spacial score (nSPS) is 11.4. The average molecular weight is 275 g/mol. The van der Waals surface area contributed by atoms with E-state index in [2.05, 4.69) is 4.74 Å². The summed E-state index contributed by atoms with van der Waals surface area (Å²) >= 11 is 0. The molecule has 0 unspecified atom stereocenters. The monoisotopic (exact) mass is 275 g/mol. The van der Waals surface area contributed by atoms with Crippen LogP contribution >= 0.6 is 0 Å². The number of halogens is 2. The number of hydrogen-bond donors (Lipinski definition) is 0. The Labute approximate surface area is 104 Å². The minimum Gasteiger partial charge on any atom is -0.374 e. The number of rotatable bonds is 6. The van der Waals surface area contributed by atoms with Crippen LogP contribution in [-0.4, -0.2) is 33.8 Å². The first-order chi connectivity index (χ1) is 8.45. The average Bonchev–Trinajstić information content (AvgIpc) is 2.34. The highest BCUT2D eigenvalue weighted by atomic mass is 32.2. The van der Waals surface area contributed by atoms with Gasteiger partial charge in [0.1, 0.15) is 6.61 Å². The molecule has 0 aliphatic rings. The first-order valence-electron chi connectivity index (χ1n) is 5.04. The van der Waals surface area contributed by atoms with Crippen molar-refractivity contribution in [2.75, 3.05) is 19.0 Å². The Balaban J connectivity index is 2.60. The van der Waals surface area contributed by atoms with Gasteiger partial charge in [-0.25, -0.2) is 17.2 Å². The van der Waals surface area contributed by atoms with Crippen LogP contribution in [0.15, 0.2) is 29.2 Å². The van der Waals surface area contributed by atoms with Crippen molar-refractivity contribution < 1.29 is 21.9 Å². The van der Waals surface area contributed by atoms with E-state index in [-0.39, 0.29) is 17.3 Å². The highest BCUT2D eigenvalue weighted by molar-refractivity contribution is 7.91. The number of sulfone groups is 1. The summed E-state index contributed by atoms with van der Waals surface area (Å²) < 4.78 is 51.5. The van der Waals surface area contributed by atoms with Gasteiger partial charge in [0.2, 0.25) is 0 Å². The fraction of sp³-hybridized carbons (Fsp3) is 0.364. The van der Waals surface area contributed by atoms with E-state index < -0.39 is 22.9 Å². The molecule has 0 radical (unpaired) electrons. The predicted octanol–water partition coefficient (Wildman–Crippen LogP) is 1.61. The van der Waals surface area contributed by atoms with Crippen LogP contribution in [0.3, 0.4) is 0 Å². The molecule has 18 heavy (non-hydrogen) atoms. The zero-order chi connectivity index (χ0) is 13.6. The second kappa shape index (κ2) is 6.42. The molecule has 0 spiro atoms. The Morgan fingerprint density at radius 1 is 1.28 bits per heavy atom. The molecule has 0 aliphatic heterocycles. The lowest BCUT2D eigenvalue weighted by Crippen LogP contribution is -2.15. The maximum atomic E-state index is 11.8. The minimum absolute atomic E-state index is 0.0437. The molecule has 0 aromatic heterocycles. The second-order valence-electron chi connectivity index (χ2n) is 3.42. The van der Waals surface area contributed by atoms with Crippen LogP contribution in [-0.2, 0) is 14.6 Å². The van der Waals surface area contributed by atoms with Crippen molar-refractivity contribution in [1.29, 1.82) is 5.26 Å². The quantitative estimate of drug-likeness (QED) is 0.740. The van der Waals surface area contributed by atoms with Crippen LogP contribution in [0.2, 0.25) is 0 Å². The molecule has 4 nitrogen and oxygen atoms in total. The minimum atomic E-state index is -3.56. The molecular formula is C11H11F2NO3S. The number of nitrogens with zero attached hydrogens (tertiary/aromatic N) is 1. The summed E-state index contributed by atoms with van der Waals surface area (Å²) in [6.07, 6.45) is -2.61. The van der Waals surface area contributed by atoms with Crippen molar-refractivity contribution in [3.05, 3.63) is 29.8 Å². The van der Waals surface area contributed by atoms with Crippen LogP contribution < -0.4 is 0 Å². The third kappa shape index (κ3) is 4.39. The summed E-state index contributed by atoms with van der Waals surface area (Å²) in [6, 6.07) is 7.24. The fourth-order valence-electron chi connectivity index (χ4n) is 1.20. The van der Waals surface area contributed by atoms with Crippen LogP contribution in [0.4, 0.5) is 8.78 Å². The van der Waals surface area contributed by atoms with E-state index in [9.17, 15) is 17.2 Å². The zero-order valence-electron chi connectivity index (χ0n) is 9.34. The topological polar surface area (TPSA) is 67.2 Å². The van der Waals surface area contributed by atoms with E-state index in [1.165, 1.54) is 24.3 Å². The summed E-state index contributed by atoms with van der Waals surface area (Å²) in [5.41, 5.74) is 0.350. The molecule has 0 heterocycles. The lowest BCUT2D eigenvalue weighted by Gasteiger charge is -2.05. The predicted molar refractivity (Wildman–Crippen MR) is 60.0 cm³/mol. The summed E-state index contributed by atoms with van der Waals surface area (Å²) in [5.74, 6) is -0.369. The van der Waals surface area contributed by atoms with E-state index in [4.69, 9.17) is 5.26 Å². The maximum Gasteiger partial charge on any atom is 0.261 e. The molecule has 0 saturated heterocycles. The molecular weight excluding hydrogens is 264 g/mol. The van der Waals surface area contributed by atoms with Gasteiger partial charge in [-0.05, 0) is 24.3 Å². The third-order valence-corrected chi connectivity index (χ3v) is 3.78. The molecule has 0 saturated carbocycles. The van der Waals surface area contributed by atoms with Gasteiger partial charge in [0.05, 0.1) is 28.9 Å². The largest absolute Gasteiger partial charge is 0.374 e. The molecule has 1 aromatic rings. The SMILES string of the molecule is N#Cc1ccc(S(=O)(=O)CCOCC(F)F)cc1. The molecule has 0 fully saturated rings. The highest BCUT2D eigenvalue weighted by Crippen LogP contribution is 2.12. The zero-order valence-corrected chi connectivity index (χ0v) is 10.2. The molecule has 0 atom stereocenters. The van der Waals surface area contributed by atoms with Gasteiger partial charge in [-0.2, -0.15) is 5.26 Å². The van der Waals surface area contributed by atoms with Crippen LogP contribution in [0.5, 0.6) is 0 Å². The Morgan fingerprint density at radius 2 is 1.89 bits per heavy atom. The number of nitriles is 1. The van der Waals surface area contributed by atoms with E-state index in [1.807, 2.05) is 6.07 Å². The first-order valence-corrected chi connectivity index (χ1v) is 6.70. The summed E-state index contributed by atoms with van der Waals surface area (Å²) in [5, 5.41) is 8.57. The van der Waals surface area contributed by atoms with Crippen molar-refractivity contribution >= 4 is 9.84 Å². The van der Waals surface area contributed by atoms with E-state index in [0.717, 1.165) is 0 Å². The third-order valence-electron chi connectivity index (χ3n) is 2.08. The Bertz CT molecular complexity index is 520. The van der Waals surface area contributed by atoms with Gasteiger partial charge in [0, 0.05) is 0 Å². The van der Waals surface area contributed by atoms with Gasteiger partial charge < -0.3 is 4.74 Å². The second-order valence-corrected chi connectivity index (χ2v) is 5.53. The number of ether oxygens (including phenoxy) is 1. The van der Waals surface area contributed by atoms with Crippen molar-refractivity contribution in [3.8, 4) is 6.07 Å². The lowest BCUT2D eigenvalue weighted by molar-refractivity contribution is 0.0234. The molecule has 0 amide bonds. The van der Waals surface area contributed by atoms with Gasteiger partial charge in [-0.3, -0.25) is 0 Å². The Morgan fingerprint density at radius 3 is 2.39 bits per heavy atom. The Kier molecular flexibility index (Phi) is 5.19. The van der Waals surface area contributed by atoms with Crippen molar-refractivity contribution in [2.24, 2.45) is 0 Å². The summed E-state index contributed by atoms with van der Waals surface area (Å²) in [7, 11) is -3.56. The molecule has 0 bridgehead atoms. The van der Waals surface area contributed by atoms with Crippen LogP contribution in [0.1, 0.15) is 5.56 Å². The fourth-order valence-corrected chi connectivity index (χ4v) is 2.32. The smallest absolute Gasteiger partial charge is 0.261 e. The molecule has 1 aromatic carbocycles. The molecule has 7 heteroatoms. The van der Waals surface area contributed by atoms with Gasteiger partial charge in [0.25, 0.3) is 6.43 Å². The highest BCUT2D eigenvalue weighted by Gasteiger charge is 2.14. The summed E-state index contributed by atoms with van der Waals surface area (Å²) in [6.45, 7) is -1.06. The maximum absolute atomic E-state index is 11.8. The van der Waals surface area contributed by atoms with Gasteiger partial charge in [-0.15, -0.1) is 0 Å². The van der Waals surface area contributed by atoms with Gasteiger partial charge >= 0.3 is 0 Å².